The van der Waals surface area contributed by atoms with Crippen LogP contribution in [0.25, 0.3) is 0 Å². The monoisotopic (exact) mass is 383 g/mol. The highest BCUT2D eigenvalue weighted by Gasteiger charge is 2.54. The number of carbonyl (C=O) groups excluding carboxylic acids is 2. The van der Waals surface area contributed by atoms with Gasteiger partial charge in [0.25, 0.3) is 0 Å². The third kappa shape index (κ3) is 3.32. The highest BCUT2D eigenvalue weighted by Crippen LogP contribution is 2.45. The largest absolute Gasteiger partial charge is 0.355 e. The second-order valence-electron chi connectivity index (χ2n) is 7.35. The number of halogens is 1. The van der Waals surface area contributed by atoms with E-state index in [1.165, 1.54) is 0 Å². The van der Waals surface area contributed by atoms with Gasteiger partial charge in [-0.15, -0.1) is 0 Å². The molecule has 3 heterocycles. The molecule has 27 heavy (non-hydrogen) atoms. The van der Waals surface area contributed by atoms with E-state index >= 15 is 0 Å². The van der Waals surface area contributed by atoms with Crippen LogP contribution in [0.15, 0.2) is 48.8 Å². The van der Waals surface area contributed by atoms with Gasteiger partial charge < -0.3 is 10.2 Å². The molecule has 0 bridgehead atoms. The van der Waals surface area contributed by atoms with Crippen molar-refractivity contribution in [1.82, 2.24) is 15.2 Å². The average molecular weight is 384 g/mol. The van der Waals surface area contributed by atoms with E-state index in [9.17, 15) is 9.59 Å². The Hall–Kier alpha value is -2.40. The lowest BCUT2D eigenvalue weighted by molar-refractivity contribution is -0.129. The SMILES string of the molecule is O=C1CC[C@H]2C[C@@](C(=O)NCCc3cccnc3)(c3ccccc3Cl)CN12. The minimum Gasteiger partial charge on any atom is -0.355 e. The quantitative estimate of drug-likeness (QED) is 0.863. The van der Waals surface area contributed by atoms with E-state index in [-0.39, 0.29) is 17.9 Å². The molecule has 2 fully saturated rings. The van der Waals surface area contributed by atoms with Crippen LogP contribution < -0.4 is 5.32 Å². The summed E-state index contributed by atoms with van der Waals surface area (Å²) in [6.45, 7) is 0.925. The Morgan fingerprint density at radius 3 is 2.89 bits per heavy atom. The predicted octanol–water partition coefficient (Wildman–Crippen LogP) is 2.73. The standard InChI is InChI=1S/C21H22ClN3O2/c22-18-6-2-1-5-17(18)21(12-16-7-8-19(26)25(16)14-21)20(27)24-11-9-15-4-3-10-23-13-15/h1-6,10,13,16H,7-9,11-12,14H2,(H,24,27)/t16-,21-/m0/s1. The Morgan fingerprint density at radius 1 is 1.30 bits per heavy atom. The minimum atomic E-state index is -0.784. The second kappa shape index (κ2) is 7.31. The van der Waals surface area contributed by atoms with Gasteiger partial charge in [-0.05, 0) is 42.5 Å². The number of amides is 2. The van der Waals surface area contributed by atoms with Crippen molar-refractivity contribution in [2.45, 2.75) is 37.1 Å². The number of hydrogen-bond acceptors (Lipinski definition) is 3. The molecule has 0 aliphatic carbocycles. The van der Waals surface area contributed by atoms with Crippen molar-refractivity contribution in [2.24, 2.45) is 0 Å². The van der Waals surface area contributed by atoms with Crippen molar-refractivity contribution in [2.75, 3.05) is 13.1 Å². The summed E-state index contributed by atoms with van der Waals surface area (Å²) >= 11 is 6.47. The van der Waals surface area contributed by atoms with Gasteiger partial charge in [0.2, 0.25) is 11.8 Å². The zero-order valence-electron chi connectivity index (χ0n) is 15.0. The normalized spacial score (nSPS) is 24.1. The summed E-state index contributed by atoms with van der Waals surface area (Å²) in [5, 5.41) is 3.66. The average Bonchev–Trinajstić information content (AvgIpc) is 3.23. The Labute approximate surface area is 163 Å². The molecule has 4 rings (SSSR count). The Morgan fingerprint density at radius 2 is 2.15 bits per heavy atom. The highest BCUT2D eigenvalue weighted by atomic mass is 35.5. The lowest BCUT2D eigenvalue weighted by Gasteiger charge is -2.29. The van der Waals surface area contributed by atoms with Crippen molar-refractivity contribution in [3.63, 3.8) is 0 Å². The summed E-state index contributed by atoms with van der Waals surface area (Å²) in [4.78, 5) is 31.5. The van der Waals surface area contributed by atoms with E-state index < -0.39 is 5.41 Å². The van der Waals surface area contributed by atoms with E-state index in [0.717, 1.165) is 17.5 Å². The van der Waals surface area contributed by atoms with Crippen LogP contribution in [0, 0.1) is 0 Å². The van der Waals surface area contributed by atoms with Gasteiger partial charge in [-0.3, -0.25) is 14.6 Å². The maximum atomic E-state index is 13.3. The number of rotatable bonds is 5. The van der Waals surface area contributed by atoms with Gasteiger partial charge in [-0.2, -0.15) is 0 Å². The summed E-state index contributed by atoms with van der Waals surface area (Å²) in [5.41, 5.74) is 1.10. The zero-order valence-corrected chi connectivity index (χ0v) is 15.8. The van der Waals surface area contributed by atoms with Gasteiger partial charge in [0.1, 0.15) is 0 Å². The van der Waals surface area contributed by atoms with Gasteiger partial charge in [0.15, 0.2) is 0 Å². The van der Waals surface area contributed by atoms with Crippen molar-refractivity contribution in [3.05, 3.63) is 64.9 Å². The zero-order chi connectivity index (χ0) is 18.9. The molecule has 2 aliphatic heterocycles. The third-order valence-corrected chi connectivity index (χ3v) is 6.05. The summed E-state index contributed by atoms with van der Waals surface area (Å²) in [5.74, 6) is 0.0822. The number of nitrogens with zero attached hydrogens (tertiary/aromatic N) is 2. The van der Waals surface area contributed by atoms with Crippen molar-refractivity contribution in [3.8, 4) is 0 Å². The molecule has 2 atom stereocenters. The van der Waals surface area contributed by atoms with Crippen LogP contribution in [0.5, 0.6) is 0 Å². The summed E-state index contributed by atoms with van der Waals surface area (Å²) in [6, 6.07) is 11.5. The first-order chi connectivity index (χ1) is 13.1. The molecule has 5 nitrogen and oxygen atoms in total. The number of hydrogen-bond donors (Lipinski definition) is 1. The predicted molar refractivity (Wildman–Crippen MR) is 103 cm³/mol. The van der Waals surface area contributed by atoms with Crippen LogP contribution in [0.3, 0.4) is 0 Å². The first-order valence-corrected chi connectivity index (χ1v) is 9.70. The van der Waals surface area contributed by atoms with Gasteiger partial charge in [-0.1, -0.05) is 35.9 Å². The Balaban J connectivity index is 1.56. The molecule has 2 amide bonds. The minimum absolute atomic E-state index is 0.0540. The van der Waals surface area contributed by atoms with Crippen LogP contribution in [0.4, 0.5) is 0 Å². The maximum absolute atomic E-state index is 13.3. The smallest absolute Gasteiger partial charge is 0.232 e. The molecule has 2 aliphatic rings. The van der Waals surface area contributed by atoms with Gasteiger partial charge >= 0.3 is 0 Å². The molecule has 6 heteroatoms. The van der Waals surface area contributed by atoms with Crippen LogP contribution in [-0.2, 0) is 21.4 Å². The first-order valence-electron chi connectivity index (χ1n) is 9.32. The molecule has 0 unspecified atom stereocenters. The number of nitrogens with one attached hydrogen (secondary N) is 1. The van der Waals surface area contributed by atoms with Crippen LogP contribution in [0.1, 0.15) is 30.4 Å². The van der Waals surface area contributed by atoms with E-state index in [2.05, 4.69) is 10.3 Å². The fraction of sp³-hybridized carbons (Fsp3) is 0.381. The molecule has 0 spiro atoms. The summed E-state index contributed by atoms with van der Waals surface area (Å²) < 4.78 is 0. The fourth-order valence-electron chi connectivity index (χ4n) is 4.35. The molecule has 2 aromatic rings. The molecular formula is C21H22ClN3O2. The van der Waals surface area contributed by atoms with Crippen molar-refractivity contribution in [1.29, 1.82) is 0 Å². The third-order valence-electron chi connectivity index (χ3n) is 5.72. The fourth-order valence-corrected chi connectivity index (χ4v) is 4.66. The first kappa shape index (κ1) is 18.0. The van der Waals surface area contributed by atoms with Crippen LogP contribution in [-0.4, -0.2) is 40.8 Å². The highest BCUT2D eigenvalue weighted by molar-refractivity contribution is 6.31. The molecule has 1 aromatic heterocycles. The van der Waals surface area contributed by atoms with Crippen molar-refractivity contribution >= 4 is 23.4 Å². The molecule has 0 saturated carbocycles. The van der Waals surface area contributed by atoms with E-state index in [4.69, 9.17) is 11.6 Å². The van der Waals surface area contributed by atoms with Gasteiger partial charge in [0, 0.05) is 43.0 Å². The Bertz CT molecular complexity index is 858. The topological polar surface area (TPSA) is 62.3 Å². The van der Waals surface area contributed by atoms with E-state index in [0.29, 0.717) is 37.4 Å². The molecular weight excluding hydrogens is 362 g/mol. The van der Waals surface area contributed by atoms with E-state index in [1.807, 2.05) is 41.3 Å². The number of carbonyl (C=O) groups is 2. The van der Waals surface area contributed by atoms with Crippen LogP contribution >= 0.6 is 11.6 Å². The van der Waals surface area contributed by atoms with Gasteiger partial charge in [-0.25, -0.2) is 0 Å². The number of aromatic nitrogens is 1. The van der Waals surface area contributed by atoms with Crippen LogP contribution in [0.2, 0.25) is 5.02 Å². The lowest BCUT2D eigenvalue weighted by atomic mass is 9.76. The van der Waals surface area contributed by atoms with E-state index in [1.54, 1.807) is 12.4 Å². The molecule has 1 N–H and O–H groups in total. The lowest BCUT2D eigenvalue weighted by Crippen LogP contribution is -2.47. The van der Waals surface area contributed by atoms with Crippen molar-refractivity contribution < 1.29 is 9.59 Å². The Kier molecular flexibility index (Phi) is 4.87. The molecule has 1 aromatic carbocycles. The molecule has 140 valence electrons. The number of fused-ring (bicyclic) bond motifs is 1. The molecule has 0 radical (unpaired) electrons. The second-order valence-corrected chi connectivity index (χ2v) is 7.75. The summed E-state index contributed by atoms with van der Waals surface area (Å²) in [7, 11) is 0. The number of benzene rings is 1. The maximum Gasteiger partial charge on any atom is 0.232 e. The number of pyridine rings is 1. The van der Waals surface area contributed by atoms with Gasteiger partial charge in [0.05, 0.1) is 5.41 Å². The summed E-state index contributed by atoms with van der Waals surface area (Å²) in [6.07, 6.45) is 6.27. The molecule has 2 saturated heterocycles.